The lowest BCUT2D eigenvalue weighted by Crippen LogP contribution is -2.31. The van der Waals surface area contributed by atoms with E-state index in [1.54, 1.807) is 29.9 Å². The summed E-state index contributed by atoms with van der Waals surface area (Å²) in [4.78, 5) is 39.2. The number of carboxylic acids is 1. The van der Waals surface area contributed by atoms with E-state index in [4.69, 9.17) is 14.7 Å². The zero-order chi connectivity index (χ0) is 29.9. The molecule has 11 nitrogen and oxygen atoms in total. The Bertz CT molecular complexity index is 1350. The van der Waals surface area contributed by atoms with E-state index in [-0.39, 0.29) is 43.1 Å². The molecule has 2 amide bonds. The molecular formula is C30H33N3O8S. The number of unbranched alkanes of at least 4 members (excludes halogenated alkanes) is 1. The third-order valence-corrected chi connectivity index (χ3v) is 7.81. The topological polar surface area (TPSA) is 167 Å². The Kier molecular flexibility index (Phi) is 11.4. The number of aromatic nitrogens is 1. The number of hydroxylamine groups is 1. The molecule has 0 unspecified atom stereocenters. The molecule has 2 heterocycles. The second-order valence-corrected chi connectivity index (χ2v) is 10.7. The van der Waals surface area contributed by atoms with Crippen LogP contribution < -0.4 is 10.8 Å². The van der Waals surface area contributed by atoms with Gasteiger partial charge in [0.05, 0.1) is 24.4 Å². The normalized spacial score (nSPS) is 18.3. The van der Waals surface area contributed by atoms with Crippen molar-refractivity contribution in [3.8, 4) is 0 Å². The summed E-state index contributed by atoms with van der Waals surface area (Å²) >= 11 is 1.31. The summed E-state index contributed by atoms with van der Waals surface area (Å²) in [5.41, 5.74) is 4.78. The minimum absolute atomic E-state index is 0.0590. The van der Waals surface area contributed by atoms with Crippen molar-refractivity contribution in [3.05, 3.63) is 89.1 Å². The van der Waals surface area contributed by atoms with Crippen molar-refractivity contribution in [1.82, 2.24) is 10.5 Å². The minimum Gasteiger partial charge on any atom is -0.478 e. The molecule has 5 N–H and O–H groups in total. The van der Waals surface area contributed by atoms with Crippen LogP contribution in [0, 0.1) is 0 Å². The molecule has 12 heteroatoms. The van der Waals surface area contributed by atoms with E-state index in [0.29, 0.717) is 35.7 Å². The number of anilines is 1. The second kappa shape index (κ2) is 15.4. The number of carbonyl (C=O) groups excluding carboxylic acids is 2. The smallest absolute Gasteiger partial charge is 0.338 e. The van der Waals surface area contributed by atoms with Gasteiger partial charge in [-0.25, -0.2) is 15.3 Å². The molecule has 2 aromatic carbocycles. The zero-order valence-corrected chi connectivity index (χ0v) is 23.6. The highest BCUT2D eigenvalue weighted by Crippen LogP contribution is 2.39. The molecule has 4 rings (SSSR count). The number of ether oxygens (including phenoxy) is 2. The monoisotopic (exact) mass is 595 g/mol. The Labute approximate surface area is 247 Å². The van der Waals surface area contributed by atoms with E-state index in [1.165, 1.54) is 17.8 Å². The van der Waals surface area contributed by atoms with Crippen LogP contribution in [0.4, 0.5) is 5.69 Å². The molecular weight excluding hydrogens is 562 g/mol. The summed E-state index contributed by atoms with van der Waals surface area (Å²) in [5, 5.41) is 30.7. The number of hydrogen-bond acceptors (Lipinski definition) is 9. The summed E-state index contributed by atoms with van der Waals surface area (Å²) < 4.78 is 12.7. The summed E-state index contributed by atoms with van der Waals surface area (Å²) in [5.74, 6) is -1.25. The SMILES string of the molecule is O=C(CCCCC(=O)Nc1ccc([C@@H]2O[C@H](CSc3ncccc3C(=O)O)C[C@H](c3ccc(CO)cc3)O2)cc1)NO. The maximum atomic E-state index is 12.3. The van der Waals surface area contributed by atoms with Crippen molar-refractivity contribution in [2.24, 2.45) is 0 Å². The van der Waals surface area contributed by atoms with Gasteiger partial charge >= 0.3 is 5.97 Å². The Hall–Kier alpha value is -3.81. The summed E-state index contributed by atoms with van der Waals surface area (Å²) in [6.07, 6.45) is 2.17. The number of carbonyl (C=O) groups is 3. The van der Waals surface area contributed by atoms with Crippen molar-refractivity contribution in [1.29, 1.82) is 0 Å². The number of pyridine rings is 1. The van der Waals surface area contributed by atoms with Crippen LogP contribution in [0.15, 0.2) is 71.9 Å². The van der Waals surface area contributed by atoms with Crippen LogP contribution in [0.5, 0.6) is 0 Å². The van der Waals surface area contributed by atoms with Gasteiger partial charge in [0.15, 0.2) is 6.29 Å². The van der Waals surface area contributed by atoms with Crippen LogP contribution in [0.3, 0.4) is 0 Å². The van der Waals surface area contributed by atoms with Gasteiger partial charge in [-0.3, -0.25) is 14.8 Å². The quantitative estimate of drug-likeness (QED) is 0.0814. The number of carboxylic acid groups (broad SMARTS) is 1. The van der Waals surface area contributed by atoms with Gasteiger partial charge < -0.3 is 25.0 Å². The van der Waals surface area contributed by atoms with Gasteiger partial charge in [0.1, 0.15) is 5.03 Å². The van der Waals surface area contributed by atoms with Crippen LogP contribution in [0.2, 0.25) is 0 Å². The van der Waals surface area contributed by atoms with E-state index < -0.39 is 18.2 Å². The van der Waals surface area contributed by atoms with Crippen LogP contribution in [-0.2, 0) is 25.7 Å². The fourth-order valence-corrected chi connectivity index (χ4v) is 5.44. The first-order valence-corrected chi connectivity index (χ1v) is 14.5. The molecule has 3 atom stereocenters. The van der Waals surface area contributed by atoms with Crippen LogP contribution in [-0.4, -0.2) is 50.0 Å². The number of aliphatic hydroxyl groups excluding tert-OH is 1. The first-order valence-electron chi connectivity index (χ1n) is 13.5. The highest BCUT2D eigenvalue weighted by molar-refractivity contribution is 7.99. The number of benzene rings is 2. The van der Waals surface area contributed by atoms with E-state index in [0.717, 1.165) is 16.7 Å². The standard InChI is InChI=1S/C30H33N3O8S/c34-17-19-7-9-20(10-8-19)25-16-23(18-42-28-24(29(37)38)4-3-15-31-28)40-30(41-25)21-11-13-22(14-12-21)32-26(35)5-1-2-6-27(36)33-39/h3-4,7-15,23,25,30,34,39H,1-2,5-6,16-18H2,(H,32,35)(H,33,36)(H,37,38)/t23-,25+,30+/m0/s1. The number of thioether (sulfide) groups is 1. The van der Waals surface area contributed by atoms with Crippen LogP contribution in [0.25, 0.3) is 0 Å². The van der Waals surface area contributed by atoms with E-state index in [9.17, 15) is 24.6 Å². The van der Waals surface area contributed by atoms with E-state index in [1.807, 2.05) is 36.4 Å². The van der Waals surface area contributed by atoms with Gasteiger partial charge in [0.25, 0.3) is 0 Å². The first kappa shape index (κ1) is 31.1. The Morgan fingerprint density at radius 1 is 0.929 bits per heavy atom. The Morgan fingerprint density at radius 2 is 1.62 bits per heavy atom. The molecule has 0 bridgehead atoms. The van der Waals surface area contributed by atoms with Gasteiger partial charge in [0.2, 0.25) is 11.8 Å². The predicted octanol–water partition coefficient (Wildman–Crippen LogP) is 4.61. The van der Waals surface area contributed by atoms with Crippen LogP contribution >= 0.6 is 11.8 Å². The molecule has 1 aliphatic heterocycles. The predicted molar refractivity (Wildman–Crippen MR) is 154 cm³/mol. The number of aromatic carboxylic acids is 1. The maximum Gasteiger partial charge on any atom is 0.338 e. The van der Waals surface area contributed by atoms with Gasteiger partial charge in [0, 0.05) is 42.5 Å². The highest BCUT2D eigenvalue weighted by atomic mass is 32.2. The summed E-state index contributed by atoms with van der Waals surface area (Å²) in [7, 11) is 0. The number of amides is 2. The lowest BCUT2D eigenvalue weighted by atomic mass is 10.0. The van der Waals surface area contributed by atoms with Crippen molar-refractivity contribution in [2.45, 2.75) is 62.2 Å². The number of nitrogens with zero attached hydrogens (tertiary/aromatic N) is 1. The van der Waals surface area contributed by atoms with Gasteiger partial charge in [-0.1, -0.05) is 36.4 Å². The average Bonchev–Trinajstić information content (AvgIpc) is 3.02. The zero-order valence-electron chi connectivity index (χ0n) is 22.8. The fraction of sp³-hybridized carbons (Fsp3) is 0.333. The molecule has 222 valence electrons. The van der Waals surface area contributed by atoms with Crippen molar-refractivity contribution in [2.75, 3.05) is 11.1 Å². The molecule has 42 heavy (non-hydrogen) atoms. The Balaban J connectivity index is 1.43. The first-order chi connectivity index (χ1) is 20.4. The molecule has 1 fully saturated rings. The van der Waals surface area contributed by atoms with E-state index in [2.05, 4.69) is 10.3 Å². The Morgan fingerprint density at radius 3 is 2.29 bits per heavy atom. The van der Waals surface area contributed by atoms with Crippen LogP contribution in [0.1, 0.15) is 71.5 Å². The molecule has 0 radical (unpaired) electrons. The van der Waals surface area contributed by atoms with Crippen molar-refractivity contribution < 1.29 is 39.3 Å². The largest absolute Gasteiger partial charge is 0.478 e. The molecule has 1 saturated heterocycles. The van der Waals surface area contributed by atoms with Gasteiger partial charge in [-0.15, -0.1) is 11.8 Å². The minimum atomic E-state index is -1.04. The molecule has 0 spiro atoms. The lowest BCUT2D eigenvalue weighted by molar-refractivity contribution is -0.245. The third kappa shape index (κ3) is 8.84. The number of aliphatic hydroxyl groups is 1. The van der Waals surface area contributed by atoms with E-state index >= 15 is 0 Å². The maximum absolute atomic E-state index is 12.3. The molecule has 3 aromatic rings. The molecule has 1 aromatic heterocycles. The fourth-order valence-electron chi connectivity index (χ4n) is 4.44. The summed E-state index contributed by atoms with van der Waals surface area (Å²) in [6.45, 7) is -0.0590. The second-order valence-electron chi connectivity index (χ2n) is 9.73. The average molecular weight is 596 g/mol. The van der Waals surface area contributed by atoms with Crippen molar-refractivity contribution >= 4 is 35.2 Å². The molecule has 0 aliphatic carbocycles. The lowest BCUT2D eigenvalue weighted by Gasteiger charge is -2.36. The molecule has 1 aliphatic rings. The highest BCUT2D eigenvalue weighted by Gasteiger charge is 2.32. The van der Waals surface area contributed by atoms with Gasteiger partial charge in [-0.05, 0) is 48.2 Å². The molecule has 0 saturated carbocycles. The number of hydrogen-bond donors (Lipinski definition) is 5. The summed E-state index contributed by atoms with van der Waals surface area (Å²) in [6, 6.07) is 17.8. The van der Waals surface area contributed by atoms with Gasteiger partial charge in [-0.2, -0.15) is 0 Å². The van der Waals surface area contributed by atoms with Crippen molar-refractivity contribution in [3.63, 3.8) is 0 Å². The number of rotatable bonds is 13. The third-order valence-electron chi connectivity index (χ3n) is 6.67. The number of nitrogens with one attached hydrogen (secondary N) is 2.